The minimum absolute atomic E-state index is 0.102. The van der Waals surface area contributed by atoms with Crippen LogP contribution in [0.5, 0.6) is 0 Å². The maximum atomic E-state index is 13.6. The van der Waals surface area contributed by atoms with Crippen molar-refractivity contribution in [3.8, 4) is 5.69 Å². The SMILES string of the molecule is CCN(CC)S(=O)(=O)c1cc([N+](=O)[O-])ccc1NN=Cc1cc(C)n(-c2cc(S(=O)(=O)N3CCOCC3)ccc2N2CCCC2)c1C. The molecule has 2 aliphatic rings. The van der Waals surface area contributed by atoms with Gasteiger partial charge in [-0.15, -0.1) is 0 Å². The average molecular weight is 688 g/mol. The smallest absolute Gasteiger partial charge is 0.270 e. The first kappa shape index (κ1) is 34.5. The van der Waals surface area contributed by atoms with Crippen LogP contribution in [-0.4, -0.2) is 93.6 Å². The second-order valence-electron chi connectivity index (χ2n) is 11.4. The summed E-state index contributed by atoms with van der Waals surface area (Å²) in [5, 5.41) is 15.8. The zero-order chi connectivity index (χ0) is 33.9. The summed E-state index contributed by atoms with van der Waals surface area (Å²) in [6, 6.07) is 10.8. The second kappa shape index (κ2) is 14.1. The normalized spacial score (nSPS) is 16.4. The summed E-state index contributed by atoms with van der Waals surface area (Å²) in [7, 11) is -7.78. The lowest BCUT2D eigenvalue weighted by Gasteiger charge is -2.28. The van der Waals surface area contributed by atoms with E-state index in [1.807, 2.05) is 30.5 Å². The second-order valence-corrected chi connectivity index (χ2v) is 15.3. The monoisotopic (exact) mass is 687 g/mol. The fraction of sp³-hybridized carbons (Fsp3) is 0.452. The Morgan fingerprint density at radius 3 is 2.28 bits per heavy atom. The molecule has 3 aromatic rings. The number of non-ortho nitro benzene ring substituents is 1. The van der Waals surface area contributed by atoms with Gasteiger partial charge in [0, 0.05) is 68.4 Å². The Morgan fingerprint density at radius 1 is 0.957 bits per heavy atom. The molecule has 3 heterocycles. The molecular weight excluding hydrogens is 647 g/mol. The summed E-state index contributed by atoms with van der Waals surface area (Å²) in [6.45, 7) is 10.7. The van der Waals surface area contributed by atoms with Crippen molar-refractivity contribution in [1.29, 1.82) is 0 Å². The topological polar surface area (TPSA) is 160 Å². The average Bonchev–Trinajstić information content (AvgIpc) is 3.69. The van der Waals surface area contributed by atoms with E-state index in [4.69, 9.17) is 4.74 Å². The van der Waals surface area contributed by atoms with Crippen molar-refractivity contribution in [3.63, 3.8) is 0 Å². The van der Waals surface area contributed by atoms with E-state index in [0.29, 0.717) is 26.3 Å². The van der Waals surface area contributed by atoms with E-state index in [1.165, 1.54) is 20.7 Å². The molecule has 0 radical (unpaired) electrons. The number of benzene rings is 2. The van der Waals surface area contributed by atoms with Crippen molar-refractivity contribution in [2.24, 2.45) is 5.10 Å². The third-order valence-corrected chi connectivity index (χ3v) is 12.6. The highest BCUT2D eigenvalue weighted by molar-refractivity contribution is 7.89. The van der Waals surface area contributed by atoms with Crippen LogP contribution >= 0.6 is 0 Å². The van der Waals surface area contributed by atoms with Gasteiger partial charge in [-0.3, -0.25) is 15.5 Å². The molecule has 0 amide bonds. The molecule has 2 saturated heterocycles. The lowest BCUT2D eigenvalue weighted by molar-refractivity contribution is -0.385. The molecule has 5 rings (SSSR count). The summed E-state index contributed by atoms with van der Waals surface area (Å²) in [4.78, 5) is 13.0. The largest absolute Gasteiger partial charge is 0.379 e. The van der Waals surface area contributed by atoms with Crippen molar-refractivity contribution in [2.45, 2.75) is 50.3 Å². The van der Waals surface area contributed by atoms with Crippen molar-refractivity contribution < 1.29 is 26.5 Å². The number of nitrogens with zero attached hydrogens (tertiary/aromatic N) is 6. The number of nitrogens with one attached hydrogen (secondary N) is 1. The zero-order valence-electron chi connectivity index (χ0n) is 27.0. The Kier molecular flexibility index (Phi) is 10.4. The highest BCUT2D eigenvalue weighted by Crippen LogP contribution is 2.34. The number of hydrogen-bond donors (Lipinski definition) is 1. The molecule has 2 aromatic carbocycles. The quantitative estimate of drug-likeness (QED) is 0.168. The van der Waals surface area contributed by atoms with Crippen LogP contribution in [0.4, 0.5) is 17.1 Å². The number of ether oxygens (including phenoxy) is 1. The number of aromatic nitrogens is 1. The molecule has 1 N–H and O–H groups in total. The highest BCUT2D eigenvalue weighted by atomic mass is 32.2. The number of hydrazone groups is 1. The Bertz CT molecular complexity index is 1880. The van der Waals surface area contributed by atoms with E-state index in [9.17, 15) is 26.9 Å². The van der Waals surface area contributed by atoms with Crippen LogP contribution in [0, 0.1) is 24.0 Å². The standard InChI is InChI=1S/C31H41N7O7S2/c1-5-35(6-2)47(43,44)31-20-26(38(39)40)9-11-28(31)33-32-22-25-19-23(3)37(24(25)4)30-21-27(10-12-29(30)34-13-7-8-14-34)46(41,42)36-15-17-45-18-16-36/h9-12,19-22,33H,5-8,13-18H2,1-4H3. The van der Waals surface area contributed by atoms with Gasteiger partial charge in [-0.1, -0.05) is 13.8 Å². The molecule has 0 bridgehead atoms. The molecule has 47 heavy (non-hydrogen) atoms. The molecule has 0 spiro atoms. The number of anilines is 2. The van der Waals surface area contributed by atoms with Crippen LogP contribution in [-0.2, 0) is 24.8 Å². The number of nitro benzene ring substituents is 1. The van der Waals surface area contributed by atoms with Gasteiger partial charge < -0.3 is 14.2 Å². The number of sulfonamides is 2. The predicted molar refractivity (Wildman–Crippen MR) is 181 cm³/mol. The van der Waals surface area contributed by atoms with Gasteiger partial charge in [-0.25, -0.2) is 16.8 Å². The molecule has 0 atom stereocenters. The molecule has 1 aromatic heterocycles. The van der Waals surface area contributed by atoms with Crippen LogP contribution in [0.3, 0.4) is 0 Å². The van der Waals surface area contributed by atoms with Gasteiger partial charge in [0.05, 0.1) is 46.3 Å². The van der Waals surface area contributed by atoms with E-state index in [-0.39, 0.29) is 34.3 Å². The van der Waals surface area contributed by atoms with E-state index >= 15 is 0 Å². The van der Waals surface area contributed by atoms with Gasteiger partial charge in [0.15, 0.2) is 0 Å². The molecule has 0 aliphatic carbocycles. The van der Waals surface area contributed by atoms with Crippen LogP contribution in [0.1, 0.15) is 43.6 Å². The first-order valence-electron chi connectivity index (χ1n) is 15.6. The maximum absolute atomic E-state index is 13.6. The first-order chi connectivity index (χ1) is 22.4. The molecule has 0 unspecified atom stereocenters. The first-order valence-corrected chi connectivity index (χ1v) is 18.5. The summed E-state index contributed by atoms with van der Waals surface area (Å²) in [6.07, 6.45) is 3.65. The zero-order valence-corrected chi connectivity index (χ0v) is 28.7. The number of aryl methyl sites for hydroxylation is 1. The van der Waals surface area contributed by atoms with Crippen molar-refractivity contribution >= 4 is 43.3 Å². The van der Waals surface area contributed by atoms with Crippen LogP contribution in [0.25, 0.3) is 5.69 Å². The Balaban J connectivity index is 1.52. The molecule has 2 aliphatic heterocycles. The number of hydrogen-bond acceptors (Lipinski definition) is 10. The summed E-state index contributed by atoms with van der Waals surface area (Å²) < 4.78 is 64.1. The Morgan fingerprint density at radius 2 is 1.64 bits per heavy atom. The van der Waals surface area contributed by atoms with Crippen molar-refractivity contribution in [2.75, 3.05) is 62.8 Å². The molecular formula is C31H41N7O7S2. The van der Waals surface area contributed by atoms with Gasteiger partial charge in [-0.05, 0) is 57.0 Å². The maximum Gasteiger partial charge on any atom is 0.270 e. The van der Waals surface area contributed by atoms with Gasteiger partial charge in [-0.2, -0.15) is 13.7 Å². The number of nitro groups is 1. The van der Waals surface area contributed by atoms with Gasteiger partial charge >= 0.3 is 0 Å². The molecule has 14 nitrogen and oxygen atoms in total. The molecule has 2 fully saturated rings. The third-order valence-electron chi connectivity index (χ3n) is 8.60. The molecule has 0 saturated carbocycles. The van der Waals surface area contributed by atoms with Gasteiger partial charge in [0.2, 0.25) is 20.0 Å². The van der Waals surface area contributed by atoms with Crippen molar-refractivity contribution in [1.82, 2.24) is 13.2 Å². The van der Waals surface area contributed by atoms with Gasteiger partial charge in [0.25, 0.3) is 5.69 Å². The lowest BCUT2D eigenvalue weighted by Crippen LogP contribution is -2.40. The van der Waals surface area contributed by atoms with Crippen LogP contribution < -0.4 is 10.3 Å². The van der Waals surface area contributed by atoms with Crippen LogP contribution in [0.15, 0.2) is 57.4 Å². The fourth-order valence-corrected chi connectivity index (χ4v) is 9.15. The Labute approximate surface area is 275 Å². The van der Waals surface area contributed by atoms with Crippen LogP contribution in [0.2, 0.25) is 0 Å². The van der Waals surface area contributed by atoms with E-state index in [1.54, 1.807) is 32.2 Å². The number of rotatable bonds is 12. The predicted octanol–water partition coefficient (Wildman–Crippen LogP) is 4.10. The fourth-order valence-electron chi connectivity index (χ4n) is 6.10. The lowest BCUT2D eigenvalue weighted by atomic mass is 10.2. The number of morpholine rings is 1. The molecule has 16 heteroatoms. The summed E-state index contributed by atoms with van der Waals surface area (Å²) in [5.74, 6) is 0. The van der Waals surface area contributed by atoms with E-state index < -0.39 is 25.0 Å². The highest BCUT2D eigenvalue weighted by Gasteiger charge is 2.30. The van der Waals surface area contributed by atoms with E-state index in [0.717, 1.165) is 60.3 Å². The third kappa shape index (κ3) is 6.92. The van der Waals surface area contributed by atoms with Crippen molar-refractivity contribution in [3.05, 3.63) is 69.5 Å². The minimum Gasteiger partial charge on any atom is -0.379 e. The summed E-state index contributed by atoms with van der Waals surface area (Å²) >= 11 is 0. The molecule has 254 valence electrons. The Hall–Kier alpha value is -3.83. The minimum atomic E-state index is -4.04. The van der Waals surface area contributed by atoms with Gasteiger partial charge in [0.1, 0.15) is 4.90 Å². The summed E-state index contributed by atoms with van der Waals surface area (Å²) in [5.41, 5.74) is 6.59. The van der Waals surface area contributed by atoms with E-state index in [2.05, 4.69) is 15.4 Å².